The van der Waals surface area contributed by atoms with Crippen LogP contribution in [0.4, 0.5) is 0 Å². The summed E-state index contributed by atoms with van der Waals surface area (Å²) < 4.78 is 5.83. The Morgan fingerprint density at radius 2 is 1.72 bits per heavy atom. The molecule has 0 amide bonds. The zero-order valence-corrected chi connectivity index (χ0v) is 12.2. The molecule has 3 nitrogen and oxygen atoms in total. The van der Waals surface area contributed by atoms with Crippen molar-refractivity contribution in [2.75, 3.05) is 13.2 Å². The molecule has 3 heteroatoms. The van der Waals surface area contributed by atoms with Crippen molar-refractivity contribution in [2.24, 2.45) is 0 Å². The summed E-state index contributed by atoms with van der Waals surface area (Å²) in [6.07, 6.45) is 12.2. The number of unbranched alkanes of at least 4 members (excludes halogenated alkanes) is 3. The summed E-state index contributed by atoms with van der Waals surface area (Å²) in [7, 11) is 0. The molecule has 0 spiro atoms. The molecule has 1 rings (SSSR count). The van der Waals surface area contributed by atoms with E-state index in [1.54, 1.807) is 0 Å². The molecule has 0 bridgehead atoms. The summed E-state index contributed by atoms with van der Waals surface area (Å²) in [4.78, 5) is 0. The van der Waals surface area contributed by atoms with E-state index >= 15 is 0 Å². The largest absolute Gasteiger partial charge is 0.394 e. The third kappa shape index (κ3) is 12.3. The van der Waals surface area contributed by atoms with Gasteiger partial charge in [-0.25, -0.2) is 0 Å². The van der Waals surface area contributed by atoms with Crippen LogP contribution in [-0.2, 0) is 4.74 Å². The van der Waals surface area contributed by atoms with Crippen LogP contribution in [0.15, 0.2) is 0 Å². The molecule has 110 valence electrons. The molecule has 0 aromatic heterocycles. The highest BCUT2D eigenvalue weighted by Crippen LogP contribution is 2.20. The monoisotopic (exact) mass is 260 g/mol. The normalized spacial score (nSPS) is 18.0. The first kappa shape index (κ1) is 17.9. The summed E-state index contributed by atoms with van der Waals surface area (Å²) in [5, 5.41) is 16.0. The minimum absolute atomic E-state index is 0.139. The third-order valence-electron chi connectivity index (χ3n) is 3.17. The topological polar surface area (TPSA) is 49.7 Å². The van der Waals surface area contributed by atoms with Crippen molar-refractivity contribution in [2.45, 2.75) is 83.8 Å². The minimum atomic E-state index is -0.560. The Kier molecular flexibility index (Phi) is 13.2. The molecule has 0 heterocycles. The average Bonchev–Trinajstić information content (AvgIpc) is 2.40. The lowest BCUT2D eigenvalue weighted by Crippen LogP contribution is -2.17. The molecule has 1 aliphatic rings. The zero-order valence-electron chi connectivity index (χ0n) is 12.2. The van der Waals surface area contributed by atoms with Gasteiger partial charge in [-0.3, -0.25) is 0 Å². The number of hydrogen-bond donors (Lipinski definition) is 2. The summed E-state index contributed by atoms with van der Waals surface area (Å²) in [6, 6.07) is 0. The van der Waals surface area contributed by atoms with Gasteiger partial charge in [0.15, 0.2) is 0 Å². The standard InChI is InChI=1S/C12H24O.C3H8O2/c1-2-3-4-8-11-13-12-9-6-5-7-10-12;1-3(5)2-4/h12H,2-11H2,1H3;3-5H,2H2,1H3. The van der Waals surface area contributed by atoms with Gasteiger partial charge in [0.25, 0.3) is 0 Å². The smallest absolute Gasteiger partial charge is 0.0742 e. The summed E-state index contributed by atoms with van der Waals surface area (Å²) in [6.45, 7) is 4.65. The molecule has 0 aromatic carbocycles. The van der Waals surface area contributed by atoms with Gasteiger partial charge < -0.3 is 14.9 Å². The molecule has 1 aliphatic carbocycles. The lowest BCUT2D eigenvalue weighted by atomic mass is 9.98. The molecule has 0 aromatic rings. The van der Waals surface area contributed by atoms with Crippen LogP contribution < -0.4 is 0 Å². The lowest BCUT2D eigenvalue weighted by molar-refractivity contribution is 0.0263. The van der Waals surface area contributed by atoms with Crippen molar-refractivity contribution < 1.29 is 14.9 Å². The maximum atomic E-state index is 8.11. The van der Waals surface area contributed by atoms with E-state index in [0.29, 0.717) is 6.10 Å². The minimum Gasteiger partial charge on any atom is -0.394 e. The Balaban J connectivity index is 0.000000494. The highest BCUT2D eigenvalue weighted by atomic mass is 16.5. The molecular weight excluding hydrogens is 228 g/mol. The molecule has 1 unspecified atom stereocenters. The molecular formula is C15H32O3. The first-order chi connectivity index (χ1) is 8.70. The van der Waals surface area contributed by atoms with E-state index in [1.165, 1.54) is 64.7 Å². The Morgan fingerprint density at radius 3 is 2.22 bits per heavy atom. The second kappa shape index (κ2) is 13.3. The van der Waals surface area contributed by atoms with Crippen LogP contribution in [0.2, 0.25) is 0 Å². The number of aliphatic hydroxyl groups is 2. The van der Waals surface area contributed by atoms with Gasteiger partial charge in [0, 0.05) is 6.61 Å². The van der Waals surface area contributed by atoms with Crippen LogP contribution in [0.25, 0.3) is 0 Å². The third-order valence-corrected chi connectivity index (χ3v) is 3.17. The zero-order chi connectivity index (χ0) is 13.6. The van der Waals surface area contributed by atoms with Gasteiger partial charge in [-0.05, 0) is 26.2 Å². The van der Waals surface area contributed by atoms with Gasteiger partial charge in [-0.1, -0.05) is 45.4 Å². The summed E-state index contributed by atoms with van der Waals surface area (Å²) in [5.41, 5.74) is 0. The molecule has 1 saturated carbocycles. The van der Waals surface area contributed by atoms with E-state index < -0.39 is 6.10 Å². The van der Waals surface area contributed by atoms with E-state index in [0.717, 1.165) is 6.61 Å². The lowest BCUT2D eigenvalue weighted by Gasteiger charge is -2.21. The van der Waals surface area contributed by atoms with E-state index in [1.807, 2.05) is 0 Å². The number of hydrogen-bond acceptors (Lipinski definition) is 3. The summed E-state index contributed by atoms with van der Waals surface area (Å²) >= 11 is 0. The van der Waals surface area contributed by atoms with Crippen molar-refractivity contribution in [1.29, 1.82) is 0 Å². The van der Waals surface area contributed by atoms with Gasteiger partial charge in [0.05, 0.1) is 18.8 Å². The maximum Gasteiger partial charge on any atom is 0.0742 e. The van der Waals surface area contributed by atoms with Crippen molar-refractivity contribution in [3.05, 3.63) is 0 Å². The predicted molar refractivity (Wildman–Crippen MR) is 75.7 cm³/mol. The van der Waals surface area contributed by atoms with E-state index in [4.69, 9.17) is 14.9 Å². The second-order valence-electron chi connectivity index (χ2n) is 5.22. The van der Waals surface area contributed by atoms with E-state index in [2.05, 4.69) is 6.92 Å². The van der Waals surface area contributed by atoms with Gasteiger partial charge in [0.1, 0.15) is 0 Å². The van der Waals surface area contributed by atoms with Gasteiger partial charge >= 0.3 is 0 Å². The molecule has 2 N–H and O–H groups in total. The fourth-order valence-corrected chi connectivity index (χ4v) is 2.01. The fourth-order valence-electron chi connectivity index (χ4n) is 2.01. The molecule has 0 aliphatic heterocycles. The number of aliphatic hydroxyl groups excluding tert-OH is 2. The Morgan fingerprint density at radius 1 is 1.11 bits per heavy atom. The predicted octanol–water partition coefficient (Wildman–Crippen LogP) is 3.28. The highest BCUT2D eigenvalue weighted by molar-refractivity contribution is 4.64. The fraction of sp³-hybridized carbons (Fsp3) is 1.00. The molecule has 0 radical (unpaired) electrons. The Hall–Kier alpha value is -0.120. The maximum absolute atomic E-state index is 8.11. The van der Waals surface area contributed by atoms with Crippen molar-refractivity contribution in [1.82, 2.24) is 0 Å². The SMILES string of the molecule is CC(O)CO.CCCCCCOC1CCCCC1. The van der Waals surface area contributed by atoms with Crippen molar-refractivity contribution in [3.8, 4) is 0 Å². The Labute approximate surface area is 113 Å². The van der Waals surface area contributed by atoms with Crippen LogP contribution in [0, 0.1) is 0 Å². The van der Waals surface area contributed by atoms with Gasteiger partial charge in [-0.2, -0.15) is 0 Å². The van der Waals surface area contributed by atoms with Crippen LogP contribution in [0.1, 0.15) is 71.6 Å². The van der Waals surface area contributed by atoms with Crippen LogP contribution in [-0.4, -0.2) is 35.6 Å². The van der Waals surface area contributed by atoms with Crippen LogP contribution in [0.5, 0.6) is 0 Å². The van der Waals surface area contributed by atoms with Crippen LogP contribution in [0.3, 0.4) is 0 Å². The van der Waals surface area contributed by atoms with E-state index in [9.17, 15) is 0 Å². The highest BCUT2D eigenvalue weighted by Gasteiger charge is 2.12. The first-order valence-electron chi connectivity index (χ1n) is 7.61. The molecule has 0 saturated heterocycles. The second-order valence-corrected chi connectivity index (χ2v) is 5.22. The van der Waals surface area contributed by atoms with E-state index in [-0.39, 0.29) is 6.61 Å². The van der Waals surface area contributed by atoms with Crippen molar-refractivity contribution in [3.63, 3.8) is 0 Å². The van der Waals surface area contributed by atoms with Gasteiger partial charge in [0.2, 0.25) is 0 Å². The Bertz CT molecular complexity index is 154. The number of rotatable bonds is 7. The van der Waals surface area contributed by atoms with Crippen molar-refractivity contribution >= 4 is 0 Å². The molecule has 18 heavy (non-hydrogen) atoms. The summed E-state index contributed by atoms with van der Waals surface area (Å²) in [5.74, 6) is 0. The molecule has 1 atom stereocenters. The molecule has 1 fully saturated rings. The quantitative estimate of drug-likeness (QED) is 0.691. The average molecular weight is 260 g/mol. The van der Waals surface area contributed by atoms with Gasteiger partial charge in [-0.15, -0.1) is 0 Å². The number of ether oxygens (including phenoxy) is 1. The first-order valence-corrected chi connectivity index (χ1v) is 7.61. The van der Waals surface area contributed by atoms with Crippen LogP contribution >= 0.6 is 0 Å².